The highest BCUT2D eigenvalue weighted by Gasteiger charge is 2.31. The smallest absolute Gasteiger partial charge is 0.239 e. The van der Waals surface area contributed by atoms with Gasteiger partial charge in [0.05, 0.1) is 39.9 Å². The Kier molecular flexibility index (Phi) is 11.4. The Balaban J connectivity index is 1.30. The van der Waals surface area contributed by atoms with Gasteiger partial charge in [-0.2, -0.15) is 4.98 Å². The molecule has 2 fully saturated rings. The SMILES string of the molecule is CC(C)Oc1cc(CN(C=O)C2CCN(C(=O)C3CCCN3)CC2)ccc1Nc1ncc(Cl)c(Nc2ccccc2S(=O)(=O)C(C)C)n1. The van der Waals surface area contributed by atoms with Crippen LogP contribution >= 0.6 is 11.6 Å². The number of ether oxygens (including phenoxy) is 1. The van der Waals surface area contributed by atoms with E-state index in [1.807, 2.05) is 36.9 Å². The average Bonchev–Trinajstić information content (AvgIpc) is 3.61. The van der Waals surface area contributed by atoms with Gasteiger partial charge in [-0.3, -0.25) is 9.59 Å². The summed E-state index contributed by atoms with van der Waals surface area (Å²) in [6, 6.07) is 12.2. The molecule has 2 saturated heterocycles. The number of likely N-dealkylation sites (tertiary alicyclic amines) is 1. The van der Waals surface area contributed by atoms with E-state index in [2.05, 4.69) is 25.9 Å². The van der Waals surface area contributed by atoms with E-state index < -0.39 is 15.1 Å². The van der Waals surface area contributed by atoms with Gasteiger partial charge in [0, 0.05) is 25.7 Å². The van der Waals surface area contributed by atoms with Crippen LogP contribution in [-0.4, -0.2) is 83.6 Å². The zero-order chi connectivity index (χ0) is 34.4. The second-order valence-electron chi connectivity index (χ2n) is 12.7. The molecule has 12 nitrogen and oxygen atoms in total. The molecule has 2 aliphatic rings. The maximum absolute atomic E-state index is 13.0. The number of amides is 2. The highest BCUT2D eigenvalue weighted by Crippen LogP contribution is 2.33. The Hall–Kier alpha value is -3.94. The van der Waals surface area contributed by atoms with E-state index >= 15 is 0 Å². The molecule has 14 heteroatoms. The Labute approximate surface area is 287 Å². The number of halogens is 1. The Morgan fingerprint density at radius 3 is 2.52 bits per heavy atom. The highest BCUT2D eigenvalue weighted by atomic mass is 35.5. The van der Waals surface area contributed by atoms with E-state index in [1.54, 1.807) is 43.0 Å². The highest BCUT2D eigenvalue weighted by molar-refractivity contribution is 7.92. The predicted molar refractivity (Wildman–Crippen MR) is 187 cm³/mol. The first-order chi connectivity index (χ1) is 23.0. The van der Waals surface area contributed by atoms with Crippen LogP contribution in [0, 0.1) is 0 Å². The van der Waals surface area contributed by atoms with Crippen LogP contribution in [0.2, 0.25) is 5.02 Å². The summed E-state index contributed by atoms with van der Waals surface area (Å²) in [5.74, 6) is 1.17. The van der Waals surface area contributed by atoms with E-state index in [0.717, 1.165) is 44.2 Å². The summed E-state index contributed by atoms with van der Waals surface area (Å²) in [6.45, 7) is 9.66. The largest absolute Gasteiger partial charge is 0.489 e. The molecule has 2 aliphatic heterocycles. The van der Waals surface area contributed by atoms with E-state index in [1.165, 1.54) is 6.20 Å². The van der Waals surface area contributed by atoms with Gasteiger partial charge >= 0.3 is 0 Å². The van der Waals surface area contributed by atoms with E-state index in [0.29, 0.717) is 36.8 Å². The molecule has 1 unspecified atom stereocenters. The molecule has 3 heterocycles. The fourth-order valence-electron chi connectivity index (χ4n) is 5.95. The number of para-hydroxylation sites is 1. The summed E-state index contributed by atoms with van der Waals surface area (Å²) in [7, 11) is -3.57. The molecular formula is C34H44ClN7O5S. The van der Waals surface area contributed by atoms with Crippen molar-refractivity contribution in [1.82, 2.24) is 25.1 Å². The summed E-state index contributed by atoms with van der Waals surface area (Å²) in [5, 5.41) is 9.16. The van der Waals surface area contributed by atoms with Crippen molar-refractivity contribution < 1.29 is 22.7 Å². The zero-order valence-electron chi connectivity index (χ0n) is 27.8. The van der Waals surface area contributed by atoms with Gasteiger partial charge in [-0.05, 0) is 89.8 Å². The number of aromatic nitrogens is 2. The monoisotopic (exact) mass is 697 g/mol. The lowest BCUT2D eigenvalue weighted by Gasteiger charge is -2.37. The summed E-state index contributed by atoms with van der Waals surface area (Å²) in [4.78, 5) is 37.8. The van der Waals surface area contributed by atoms with E-state index in [9.17, 15) is 18.0 Å². The molecular weight excluding hydrogens is 654 g/mol. The number of benzene rings is 2. The minimum atomic E-state index is -3.57. The van der Waals surface area contributed by atoms with Crippen LogP contribution < -0.4 is 20.7 Å². The van der Waals surface area contributed by atoms with Gasteiger partial charge in [-0.25, -0.2) is 13.4 Å². The van der Waals surface area contributed by atoms with Crippen LogP contribution in [-0.2, 0) is 26.0 Å². The van der Waals surface area contributed by atoms with E-state index in [4.69, 9.17) is 16.3 Å². The van der Waals surface area contributed by atoms with Gasteiger partial charge in [0.15, 0.2) is 15.7 Å². The minimum absolute atomic E-state index is 0.0319. The molecule has 0 saturated carbocycles. The maximum atomic E-state index is 13.0. The number of nitrogens with zero attached hydrogens (tertiary/aromatic N) is 4. The Morgan fingerprint density at radius 2 is 1.85 bits per heavy atom. The van der Waals surface area contributed by atoms with Crippen molar-refractivity contribution >= 4 is 56.9 Å². The third kappa shape index (κ3) is 8.37. The number of piperidine rings is 1. The fraction of sp³-hybridized carbons (Fsp3) is 0.471. The molecule has 0 bridgehead atoms. The van der Waals surface area contributed by atoms with Crippen molar-refractivity contribution in [2.24, 2.45) is 0 Å². The first-order valence-corrected chi connectivity index (χ1v) is 18.3. The zero-order valence-corrected chi connectivity index (χ0v) is 29.4. The van der Waals surface area contributed by atoms with Gasteiger partial charge in [-0.1, -0.05) is 29.8 Å². The normalized spacial score (nSPS) is 17.1. The van der Waals surface area contributed by atoms with Crippen molar-refractivity contribution in [2.75, 3.05) is 30.3 Å². The fourth-order valence-corrected chi connectivity index (χ4v) is 7.29. The van der Waals surface area contributed by atoms with Crippen molar-refractivity contribution in [3.8, 4) is 5.75 Å². The first kappa shape index (κ1) is 35.4. The van der Waals surface area contributed by atoms with Crippen LogP contribution in [0.25, 0.3) is 0 Å². The standard InChI is InChI=1S/C34H44ClN7O5S/c1-22(2)47-30-18-24(20-42(21-43)25-13-16-41(17-14-25)33(44)29-9-7-15-36-29)11-12-27(30)39-34-37-19-26(35)32(40-34)38-28-8-5-6-10-31(28)48(45,46)23(3)4/h5-6,8,10-12,18-19,21-23,25,29,36H,7,9,13-17,20H2,1-4H3,(H2,37,38,39,40). The van der Waals surface area contributed by atoms with Gasteiger partial charge < -0.3 is 30.5 Å². The van der Waals surface area contributed by atoms with Crippen molar-refractivity contribution in [3.63, 3.8) is 0 Å². The molecule has 2 amide bonds. The molecule has 1 aromatic heterocycles. The van der Waals surface area contributed by atoms with Crippen LogP contribution in [0.3, 0.4) is 0 Å². The number of hydrogen-bond donors (Lipinski definition) is 3. The molecule has 0 spiro atoms. The molecule has 3 N–H and O–H groups in total. The number of carbonyl (C=O) groups is 2. The van der Waals surface area contributed by atoms with Gasteiger partial charge in [0.25, 0.3) is 0 Å². The number of hydrogen-bond acceptors (Lipinski definition) is 10. The molecule has 258 valence electrons. The third-order valence-corrected chi connectivity index (χ3v) is 11.1. The summed E-state index contributed by atoms with van der Waals surface area (Å²) in [5.41, 5.74) is 1.85. The van der Waals surface area contributed by atoms with Crippen molar-refractivity contribution in [2.45, 2.75) is 88.3 Å². The molecule has 0 radical (unpaired) electrons. The number of rotatable bonds is 13. The second-order valence-corrected chi connectivity index (χ2v) is 15.6. The van der Waals surface area contributed by atoms with Gasteiger partial charge in [0.1, 0.15) is 10.8 Å². The van der Waals surface area contributed by atoms with Crippen LogP contribution in [0.4, 0.5) is 23.1 Å². The number of anilines is 4. The summed E-state index contributed by atoms with van der Waals surface area (Å²) >= 11 is 6.43. The Morgan fingerprint density at radius 1 is 1.10 bits per heavy atom. The molecule has 3 aromatic rings. The van der Waals surface area contributed by atoms with Crippen LogP contribution in [0.15, 0.2) is 53.6 Å². The summed E-state index contributed by atoms with van der Waals surface area (Å²) < 4.78 is 32.1. The van der Waals surface area contributed by atoms with Gasteiger partial charge in [-0.15, -0.1) is 0 Å². The quantitative estimate of drug-likeness (QED) is 0.202. The number of nitrogens with one attached hydrogen (secondary N) is 3. The number of carbonyl (C=O) groups excluding carboxylic acids is 2. The maximum Gasteiger partial charge on any atom is 0.239 e. The lowest BCUT2D eigenvalue weighted by molar-refractivity contribution is -0.135. The molecule has 5 rings (SSSR count). The third-order valence-electron chi connectivity index (χ3n) is 8.57. The summed E-state index contributed by atoms with van der Waals surface area (Å²) in [6.07, 6.45) is 5.54. The van der Waals surface area contributed by atoms with Crippen molar-refractivity contribution in [1.29, 1.82) is 0 Å². The average molecular weight is 698 g/mol. The van der Waals surface area contributed by atoms with Crippen molar-refractivity contribution in [3.05, 3.63) is 59.2 Å². The molecule has 2 aromatic carbocycles. The predicted octanol–water partition coefficient (Wildman–Crippen LogP) is 5.29. The van der Waals surface area contributed by atoms with Gasteiger partial charge in [0.2, 0.25) is 18.3 Å². The molecule has 48 heavy (non-hydrogen) atoms. The first-order valence-electron chi connectivity index (χ1n) is 16.4. The topological polar surface area (TPSA) is 146 Å². The van der Waals surface area contributed by atoms with Crippen LogP contribution in [0.1, 0.15) is 58.9 Å². The van der Waals surface area contributed by atoms with E-state index in [-0.39, 0.29) is 45.8 Å². The lowest BCUT2D eigenvalue weighted by Crippen LogP contribution is -2.50. The molecule has 0 aliphatic carbocycles. The molecule has 1 atom stereocenters. The number of sulfone groups is 1. The second kappa shape index (κ2) is 15.5. The Bertz CT molecular complexity index is 1710. The van der Waals surface area contributed by atoms with Crippen LogP contribution in [0.5, 0.6) is 5.75 Å². The minimum Gasteiger partial charge on any atom is -0.489 e. The lowest BCUT2D eigenvalue weighted by atomic mass is 10.0.